The van der Waals surface area contributed by atoms with Gasteiger partial charge in [0.05, 0.1) is 5.60 Å². The third-order valence-electron chi connectivity index (χ3n) is 1.85. The van der Waals surface area contributed by atoms with Gasteiger partial charge < -0.3 is 9.47 Å². The van der Waals surface area contributed by atoms with Crippen molar-refractivity contribution in [1.82, 2.24) is 0 Å². The number of rotatable bonds is 7. The largest absolute Gasteiger partial charge is 0.381 e. The van der Waals surface area contributed by atoms with Crippen molar-refractivity contribution < 1.29 is 9.47 Å². The van der Waals surface area contributed by atoms with E-state index in [1.165, 1.54) is 0 Å². The molecule has 12 heavy (non-hydrogen) atoms. The molecule has 0 rings (SSSR count). The van der Waals surface area contributed by atoms with Crippen LogP contribution in [0, 0.1) is 0 Å². The second kappa shape index (κ2) is 6.75. The van der Waals surface area contributed by atoms with Gasteiger partial charge in [-0.15, -0.1) is 0 Å². The van der Waals surface area contributed by atoms with E-state index in [1.54, 1.807) is 7.11 Å². The first-order valence-corrected chi connectivity index (χ1v) is 4.99. The summed E-state index contributed by atoms with van der Waals surface area (Å²) in [6, 6.07) is 0. The van der Waals surface area contributed by atoms with Gasteiger partial charge in [-0.2, -0.15) is 12.6 Å². The first kappa shape index (κ1) is 12.3. The minimum atomic E-state index is -0.0546. The van der Waals surface area contributed by atoms with E-state index in [4.69, 9.17) is 9.47 Å². The van der Waals surface area contributed by atoms with Crippen LogP contribution in [0.15, 0.2) is 0 Å². The monoisotopic (exact) mass is 192 g/mol. The van der Waals surface area contributed by atoms with Crippen LogP contribution in [0.5, 0.6) is 0 Å². The zero-order valence-corrected chi connectivity index (χ0v) is 9.19. The molecule has 0 bridgehead atoms. The molecule has 0 aromatic rings. The van der Waals surface area contributed by atoms with Gasteiger partial charge in [-0.05, 0) is 32.4 Å². The van der Waals surface area contributed by atoms with E-state index < -0.39 is 0 Å². The average molecular weight is 192 g/mol. The molecule has 0 amide bonds. The molecule has 0 radical (unpaired) electrons. The molecule has 0 aliphatic carbocycles. The van der Waals surface area contributed by atoms with Gasteiger partial charge in [-0.1, -0.05) is 0 Å². The van der Waals surface area contributed by atoms with E-state index in [-0.39, 0.29) is 5.60 Å². The van der Waals surface area contributed by atoms with Crippen molar-refractivity contribution in [2.45, 2.75) is 32.3 Å². The summed E-state index contributed by atoms with van der Waals surface area (Å²) in [5.41, 5.74) is -0.0546. The molecule has 74 valence electrons. The Labute approximate surface area is 81.0 Å². The Balaban J connectivity index is 3.19. The van der Waals surface area contributed by atoms with Crippen LogP contribution in [0.2, 0.25) is 0 Å². The van der Waals surface area contributed by atoms with Crippen molar-refractivity contribution in [3.05, 3.63) is 0 Å². The van der Waals surface area contributed by atoms with Crippen molar-refractivity contribution >= 4 is 12.6 Å². The number of hydrogen-bond acceptors (Lipinski definition) is 3. The summed E-state index contributed by atoms with van der Waals surface area (Å²) in [5, 5.41) is 0. The normalized spacial score (nSPS) is 12.0. The highest BCUT2D eigenvalue weighted by atomic mass is 32.1. The van der Waals surface area contributed by atoms with E-state index in [2.05, 4.69) is 26.5 Å². The quantitative estimate of drug-likeness (QED) is 0.492. The Kier molecular flexibility index (Phi) is 6.90. The van der Waals surface area contributed by atoms with Crippen molar-refractivity contribution in [3.8, 4) is 0 Å². The predicted molar refractivity (Wildman–Crippen MR) is 55.0 cm³/mol. The third kappa shape index (κ3) is 6.95. The molecule has 0 aliphatic heterocycles. The van der Waals surface area contributed by atoms with Gasteiger partial charge in [-0.25, -0.2) is 0 Å². The Morgan fingerprint density at radius 3 is 2.42 bits per heavy atom. The van der Waals surface area contributed by atoms with Crippen LogP contribution in [0.1, 0.15) is 26.7 Å². The van der Waals surface area contributed by atoms with Gasteiger partial charge in [0.1, 0.15) is 0 Å². The van der Waals surface area contributed by atoms with E-state index in [1.807, 2.05) is 0 Å². The Hall–Kier alpha value is 0.270. The molecule has 0 aliphatic rings. The summed E-state index contributed by atoms with van der Waals surface area (Å²) < 4.78 is 10.6. The summed E-state index contributed by atoms with van der Waals surface area (Å²) in [4.78, 5) is 0. The van der Waals surface area contributed by atoms with Crippen molar-refractivity contribution in [2.24, 2.45) is 0 Å². The van der Waals surface area contributed by atoms with Crippen LogP contribution < -0.4 is 0 Å². The zero-order chi connectivity index (χ0) is 9.45. The molecule has 0 heterocycles. The minimum absolute atomic E-state index is 0.0546. The maximum absolute atomic E-state index is 5.38. The maximum atomic E-state index is 5.38. The topological polar surface area (TPSA) is 18.5 Å². The van der Waals surface area contributed by atoms with Crippen molar-refractivity contribution in [3.63, 3.8) is 0 Å². The Bertz CT molecular complexity index is 105. The van der Waals surface area contributed by atoms with Crippen molar-refractivity contribution in [1.29, 1.82) is 0 Å². The molecule has 0 atom stereocenters. The van der Waals surface area contributed by atoms with Gasteiger partial charge in [0.2, 0.25) is 0 Å². The average Bonchev–Trinajstić information content (AvgIpc) is 2.04. The second-order valence-corrected chi connectivity index (χ2v) is 3.85. The smallest absolute Gasteiger partial charge is 0.0644 e. The lowest BCUT2D eigenvalue weighted by atomic mass is 10.1. The summed E-state index contributed by atoms with van der Waals surface area (Å²) >= 11 is 4.09. The number of ether oxygens (including phenoxy) is 2. The first-order valence-electron chi connectivity index (χ1n) is 4.36. The predicted octanol–water partition coefficient (Wildman–Crippen LogP) is 2.14. The fraction of sp³-hybridized carbons (Fsp3) is 1.00. The molecule has 0 saturated carbocycles. The Morgan fingerprint density at radius 2 is 1.92 bits per heavy atom. The lowest BCUT2D eigenvalue weighted by molar-refractivity contribution is -0.00958. The van der Waals surface area contributed by atoms with Gasteiger partial charge in [0, 0.05) is 20.3 Å². The molecule has 0 N–H and O–H groups in total. The number of thiol groups is 1. The highest BCUT2D eigenvalue weighted by molar-refractivity contribution is 7.80. The highest BCUT2D eigenvalue weighted by Gasteiger charge is 2.15. The van der Waals surface area contributed by atoms with Crippen LogP contribution in [-0.2, 0) is 9.47 Å². The summed E-state index contributed by atoms with van der Waals surface area (Å²) in [5.74, 6) is 0.896. The maximum Gasteiger partial charge on any atom is 0.0644 e. The summed E-state index contributed by atoms with van der Waals surface area (Å²) in [6.07, 6.45) is 1.96. The zero-order valence-electron chi connectivity index (χ0n) is 8.30. The van der Waals surface area contributed by atoms with Crippen molar-refractivity contribution in [2.75, 3.05) is 26.1 Å². The van der Waals surface area contributed by atoms with E-state index in [9.17, 15) is 0 Å². The SMILES string of the molecule is COC(C)(C)CCOCCCS. The molecule has 0 aromatic heterocycles. The number of methoxy groups -OCH3 is 1. The summed E-state index contributed by atoms with van der Waals surface area (Å²) in [7, 11) is 1.73. The molecule has 2 nitrogen and oxygen atoms in total. The fourth-order valence-corrected chi connectivity index (χ4v) is 0.818. The molecule has 0 fully saturated rings. The molecular weight excluding hydrogens is 172 g/mol. The van der Waals surface area contributed by atoms with E-state index in [0.29, 0.717) is 0 Å². The molecule has 0 saturated heterocycles. The van der Waals surface area contributed by atoms with Crippen LogP contribution >= 0.6 is 12.6 Å². The van der Waals surface area contributed by atoms with Gasteiger partial charge >= 0.3 is 0 Å². The first-order chi connectivity index (χ1) is 5.62. The van der Waals surface area contributed by atoms with Gasteiger partial charge in [0.25, 0.3) is 0 Å². The number of hydrogen-bond donors (Lipinski definition) is 1. The highest BCUT2D eigenvalue weighted by Crippen LogP contribution is 2.12. The van der Waals surface area contributed by atoms with Gasteiger partial charge in [0.15, 0.2) is 0 Å². The fourth-order valence-electron chi connectivity index (χ4n) is 0.689. The van der Waals surface area contributed by atoms with Crippen LogP contribution in [0.3, 0.4) is 0 Å². The molecule has 3 heteroatoms. The van der Waals surface area contributed by atoms with E-state index in [0.717, 1.165) is 31.8 Å². The molecule has 0 spiro atoms. The molecule has 0 aromatic carbocycles. The van der Waals surface area contributed by atoms with Crippen LogP contribution in [0.4, 0.5) is 0 Å². The van der Waals surface area contributed by atoms with Gasteiger partial charge in [-0.3, -0.25) is 0 Å². The summed E-state index contributed by atoms with van der Waals surface area (Å²) in [6.45, 7) is 5.71. The minimum Gasteiger partial charge on any atom is -0.381 e. The van der Waals surface area contributed by atoms with E-state index >= 15 is 0 Å². The lowest BCUT2D eigenvalue weighted by Gasteiger charge is -2.22. The molecular formula is C9H20O2S. The van der Waals surface area contributed by atoms with Crippen LogP contribution in [-0.4, -0.2) is 31.7 Å². The third-order valence-corrected chi connectivity index (χ3v) is 2.16. The second-order valence-electron chi connectivity index (χ2n) is 3.40. The standard InChI is InChI=1S/C9H20O2S/c1-9(2,10-3)5-7-11-6-4-8-12/h12H,4-8H2,1-3H3. The van der Waals surface area contributed by atoms with Crippen LogP contribution in [0.25, 0.3) is 0 Å². The molecule has 0 unspecified atom stereocenters. The lowest BCUT2D eigenvalue weighted by Crippen LogP contribution is -2.24. The Morgan fingerprint density at radius 1 is 1.25 bits per heavy atom.